The summed E-state index contributed by atoms with van der Waals surface area (Å²) in [6.45, 7) is 15.3. The van der Waals surface area contributed by atoms with Gasteiger partial charge in [0.05, 0.1) is 0 Å². The number of hydrogen-bond donors (Lipinski definition) is 0. The Balaban J connectivity index is 1.55. The number of nitrogens with zero attached hydrogens (tertiary/aromatic N) is 6. The van der Waals surface area contributed by atoms with Crippen LogP contribution in [0.1, 0.15) is 46.0 Å². The van der Waals surface area contributed by atoms with E-state index in [4.69, 9.17) is 0 Å². The molecule has 2 unspecified atom stereocenters. The summed E-state index contributed by atoms with van der Waals surface area (Å²) in [4.78, 5) is 9.70. The largest absolute Gasteiger partial charge is 0.355 e. The molecule has 0 spiro atoms. The Morgan fingerprint density at radius 3 is 2.03 bits per heavy atom. The fourth-order valence-corrected chi connectivity index (χ4v) is 5.43. The molecule has 0 aromatic carbocycles. The zero-order valence-electron chi connectivity index (χ0n) is 18.4. The van der Waals surface area contributed by atoms with Crippen molar-refractivity contribution in [1.29, 1.82) is 10.5 Å². The minimum atomic E-state index is 0.279. The minimum Gasteiger partial charge on any atom is -0.355 e. The fourth-order valence-electron chi connectivity index (χ4n) is 5.43. The van der Waals surface area contributed by atoms with Crippen LogP contribution in [-0.4, -0.2) is 85.0 Å². The van der Waals surface area contributed by atoms with Crippen molar-refractivity contribution in [2.45, 2.75) is 46.0 Å². The third-order valence-corrected chi connectivity index (χ3v) is 6.67. The van der Waals surface area contributed by atoms with Crippen LogP contribution in [-0.2, 0) is 0 Å². The van der Waals surface area contributed by atoms with E-state index in [0.29, 0.717) is 0 Å². The molecule has 160 valence electrons. The fraction of sp³-hybridized carbons (Fsp3) is 0.826. The molecule has 3 rings (SSSR count). The second-order valence-electron chi connectivity index (χ2n) is 9.36. The van der Waals surface area contributed by atoms with Gasteiger partial charge in [-0.2, -0.15) is 10.5 Å². The van der Waals surface area contributed by atoms with E-state index in [1.165, 1.54) is 51.9 Å². The summed E-state index contributed by atoms with van der Waals surface area (Å²) >= 11 is 0. The van der Waals surface area contributed by atoms with Crippen molar-refractivity contribution in [1.82, 2.24) is 19.6 Å². The van der Waals surface area contributed by atoms with Crippen LogP contribution in [0.5, 0.6) is 0 Å². The molecule has 3 saturated heterocycles. The molecule has 3 aliphatic heterocycles. The van der Waals surface area contributed by atoms with E-state index in [1.54, 1.807) is 0 Å². The van der Waals surface area contributed by atoms with Crippen LogP contribution in [0.4, 0.5) is 0 Å². The van der Waals surface area contributed by atoms with E-state index in [0.717, 1.165) is 63.3 Å². The van der Waals surface area contributed by atoms with Gasteiger partial charge >= 0.3 is 0 Å². The second-order valence-corrected chi connectivity index (χ2v) is 9.36. The topological polar surface area (TPSA) is 60.5 Å². The molecule has 0 N–H and O–H groups in total. The third-order valence-electron chi connectivity index (χ3n) is 6.67. The molecule has 0 radical (unpaired) electrons. The Hall–Kier alpha value is -1.76. The van der Waals surface area contributed by atoms with Gasteiger partial charge in [0, 0.05) is 45.8 Å². The SMILES string of the molecule is CC1CC(C)CN(CCN2CCN(CCCN3CCCCC3)C2=C(C#N)C#N)C1. The highest BCUT2D eigenvalue weighted by Crippen LogP contribution is 2.24. The van der Waals surface area contributed by atoms with E-state index < -0.39 is 0 Å². The summed E-state index contributed by atoms with van der Waals surface area (Å²) in [6.07, 6.45) is 6.44. The van der Waals surface area contributed by atoms with Crippen LogP contribution >= 0.6 is 0 Å². The van der Waals surface area contributed by atoms with Gasteiger partial charge in [-0.15, -0.1) is 0 Å². The van der Waals surface area contributed by atoms with Crippen LogP contribution < -0.4 is 0 Å². The highest BCUT2D eigenvalue weighted by molar-refractivity contribution is 5.40. The summed E-state index contributed by atoms with van der Waals surface area (Å²) in [6, 6.07) is 4.31. The molecule has 0 aliphatic carbocycles. The van der Waals surface area contributed by atoms with E-state index >= 15 is 0 Å². The van der Waals surface area contributed by atoms with Crippen LogP contribution in [0.25, 0.3) is 0 Å². The van der Waals surface area contributed by atoms with Crippen molar-refractivity contribution >= 4 is 0 Å². The molecule has 0 amide bonds. The first-order valence-electron chi connectivity index (χ1n) is 11.6. The maximum Gasteiger partial charge on any atom is 0.169 e. The monoisotopic (exact) mass is 398 g/mol. The normalized spacial score (nSPS) is 26.4. The molecule has 29 heavy (non-hydrogen) atoms. The maximum atomic E-state index is 9.54. The van der Waals surface area contributed by atoms with Gasteiger partial charge in [0.2, 0.25) is 0 Å². The van der Waals surface area contributed by atoms with E-state index in [2.05, 4.69) is 45.6 Å². The summed E-state index contributed by atoms with van der Waals surface area (Å²) in [5, 5.41) is 19.1. The highest BCUT2D eigenvalue weighted by Gasteiger charge is 2.29. The maximum absolute atomic E-state index is 9.54. The van der Waals surface area contributed by atoms with Crippen molar-refractivity contribution in [2.24, 2.45) is 11.8 Å². The standard InChI is InChI=1S/C23H38N6/c1-20-15-21(2)19-27(18-20)11-12-29-14-13-28(23(29)22(16-24)17-25)10-6-9-26-7-4-3-5-8-26/h20-21H,3-15,18-19H2,1-2H3. The van der Waals surface area contributed by atoms with Crippen LogP contribution in [0, 0.1) is 34.5 Å². The Kier molecular flexibility index (Phi) is 8.21. The number of hydrogen-bond acceptors (Lipinski definition) is 6. The summed E-state index contributed by atoms with van der Waals surface area (Å²) in [5.74, 6) is 2.39. The first kappa shape index (κ1) is 21.9. The van der Waals surface area contributed by atoms with Gasteiger partial charge in [-0.05, 0) is 57.2 Å². The average molecular weight is 399 g/mol. The van der Waals surface area contributed by atoms with Gasteiger partial charge < -0.3 is 19.6 Å². The van der Waals surface area contributed by atoms with Crippen molar-refractivity contribution < 1.29 is 0 Å². The summed E-state index contributed by atoms with van der Waals surface area (Å²) in [7, 11) is 0. The van der Waals surface area contributed by atoms with Gasteiger partial charge in [-0.3, -0.25) is 0 Å². The van der Waals surface area contributed by atoms with Gasteiger partial charge in [0.15, 0.2) is 5.57 Å². The van der Waals surface area contributed by atoms with E-state index in [9.17, 15) is 10.5 Å². The molecule has 0 aromatic heterocycles. The summed E-state index contributed by atoms with van der Waals surface area (Å²) < 4.78 is 0. The zero-order chi connectivity index (χ0) is 20.6. The van der Waals surface area contributed by atoms with Crippen molar-refractivity contribution in [3.05, 3.63) is 11.4 Å². The molecule has 0 bridgehead atoms. The lowest BCUT2D eigenvalue weighted by atomic mass is 9.92. The molecular weight excluding hydrogens is 360 g/mol. The van der Waals surface area contributed by atoms with Gasteiger partial charge in [0.25, 0.3) is 0 Å². The molecule has 3 fully saturated rings. The molecule has 6 nitrogen and oxygen atoms in total. The second kappa shape index (κ2) is 10.9. The third kappa shape index (κ3) is 6.11. The quantitative estimate of drug-likeness (QED) is 0.615. The van der Waals surface area contributed by atoms with Crippen LogP contribution in [0.15, 0.2) is 11.4 Å². The molecule has 3 heterocycles. The lowest BCUT2D eigenvalue weighted by Gasteiger charge is -2.36. The Bertz CT molecular complexity index is 613. The molecule has 0 saturated carbocycles. The number of rotatable bonds is 7. The first-order chi connectivity index (χ1) is 14.1. The average Bonchev–Trinajstić information content (AvgIpc) is 3.10. The van der Waals surface area contributed by atoms with Gasteiger partial charge in [-0.1, -0.05) is 20.3 Å². The molecule has 2 atom stereocenters. The lowest BCUT2D eigenvalue weighted by Crippen LogP contribution is -2.42. The lowest BCUT2D eigenvalue weighted by molar-refractivity contribution is 0.130. The highest BCUT2D eigenvalue weighted by atomic mass is 15.4. The van der Waals surface area contributed by atoms with Crippen LogP contribution in [0.2, 0.25) is 0 Å². The van der Waals surface area contributed by atoms with Crippen LogP contribution in [0.3, 0.4) is 0 Å². The van der Waals surface area contributed by atoms with Crippen molar-refractivity contribution in [3.63, 3.8) is 0 Å². The van der Waals surface area contributed by atoms with E-state index in [1.807, 2.05) is 0 Å². The predicted molar refractivity (Wildman–Crippen MR) is 116 cm³/mol. The zero-order valence-corrected chi connectivity index (χ0v) is 18.4. The smallest absolute Gasteiger partial charge is 0.169 e. The Morgan fingerprint density at radius 1 is 0.793 bits per heavy atom. The molecule has 0 aromatic rings. The van der Waals surface area contributed by atoms with Gasteiger partial charge in [0.1, 0.15) is 18.0 Å². The molecule has 3 aliphatic rings. The van der Waals surface area contributed by atoms with Crippen molar-refractivity contribution in [3.8, 4) is 12.1 Å². The van der Waals surface area contributed by atoms with Crippen molar-refractivity contribution in [2.75, 3.05) is 65.4 Å². The van der Waals surface area contributed by atoms with Gasteiger partial charge in [-0.25, -0.2) is 0 Å². The number of piperidine rings is 2. The molecular formula is C23H38N6. The van der Waals surface area contributed by atoms with E-state index in [-0.39, 0.29) is 5.57 Å². The number of likely N-dealkylation sites (tertiary alicyclic amines) is 2. The predicted octanol–water partition coefficient (Wildman–Crippen LogP) is 2.72. The Morgan fingerprint density at radius 2 is 1.41 bits per heavy atom. The number of nitriles is 2. The summed E-state index contributed by atoms with van der Waals surface area (Å²) in [5.41, 5.74) is 0.279. The Labute approximate surface area is 177 Å². The number of allylic oxidation sites excluding steroid dienone is 1. The minimum absolute atomic E-state index is 0.279. The first-order valence-corrected chi connectivity index (χ1v) is 11.6. The molecule has 6 heteroatoms.